The third-order valence-electron chi connectivity index (χ3n) is 3.86. The number of nitrogens with one attached hydrogen (secondary N) is 2. The Kier molecular flexibility index (Phi) is 5.22. The van der Waals surface area contributed by atoms with Crippen molar-refractivity contribution < 1.29 is 13.6 Å². The molecule has 132 valence electrons. The van der Waals surface area contributed by atoms with Gasteiger partial charge in [0.25, 0.3) is 5.91 Å². The number of nitrogens with zero attached hydrogens (tertiary/aromatic N) is 1. The molecule has 4 nitrogen and oxygen atoms in total. The molecule has 2 N–H and O–H groups in total. The number of halogens is 2. The van der Waals surface area contributed by atoms with E-state index in [1.165, 1.54) is 18.3 Å². The van der Waals surface area contributed by atoms with Crippen LogP contribution < -0.4 is 10.6 Å². The number of hydrogen-bond acceptors (Lipinski definition) is 3. The fourth-order valence-electron chi connectivity index (χ4n) is 2.47. The van der Waals surface area contributed by atoms with Gasteiger partial charge in [-0.25, -0.2) is 13.8 Å². The van der Waals surface area contributed by atoms with Crippen molar-refractivity contribution in [1.29, 1.82) is 0 Å². The normalized spacial score (nSPS) is 11.7. The van der Waals surface area contributed by atoms with Crippen molar-refractivity contribution in [3.05, 3.63) is 89.8 Å². The minimum absolute atomic E-state index is 0.0750. The van der Waals surface area contributed by atoms with E-state index in [1.54, 1.807) is 6.07 Å². The molecule has 1 atom stereocenters. The maximum atomic E-state index is 13.6. The van der Waals surface area contributed by atoms with Crippen molar-refractivity contribution in [1.82, 2.24) is 4.98 Å². The smallest absolute Gasteiger partial charge is 0.274 e. The van der Waals surface area contributed by atoms with Crippen molar-refractivity contribution in [2.75, 3.05) is 10.6 Å². The molecule has 6 heteroatoms. The maximum Gasteiger partial charge on any atom is 0.274 e. The van der Waals surface area contributed by atoms with Gasteiger partial charge in [-0.2, -0.15) is 0 Å². The minimum atomic E-state index is -0.840. The fourth-order valence-corrected chi connectivity index (χ4v) is 2.47. The van der Waals surface area contributed by atoms with Crippen LogP contribution >= 0.6 is 0 Å². The van der Waals surface area contributed by atoms with Crippen molar-refractivity contribution in [3.8, 4) is 0 Å². The first-order chi connectivity index (χ1) is 12.5. The van der Waals surface area contributed by atoms with Gasteiger partial charge in [0.05, 0.1) is 17.6 Å². The Hall–Kier alpha value is -3.28. The lowest BCUT2D eigenvalue weighted by Crippen LogP contribution is -2.15. The van der Waals surface area contributed by atoms with Gasteiger partial charge in [0.2, 0.25) is 0 Å². The highest BCUT2D eigenvalue weighted by Gasteiger charge is 2.12. The second-order valence-corrected chi connectivity index (χ2v) is 5.79. The molecular formula is C20H17F2N3O. The van der Waals surface area contributed by atoms with Gasteiger partial charge < -0.3 is 10.6 Å². The van der Waals surface area contributed by atoms with Gasteiger partial charge in [0.15, 0.2) is 0 Å². The van der Waals surface area contributed by atoms with Crippen LogP contribution in [0.25, 0.3) is 0 Å². The molecule has 0 spiro atoms. The summed E-state index contributed by atoms with van der Waals surface area (Å²) >= 11 is 0. The summed E-state index contributed by atoms with van der Waals surface area (Å²) in [5, 5.41) is 5.67. The minimum Gasteiger partial charge on any atom is -0.377 e. The molecule has 3 rings (SSSR count). The van der Waals surface area contributed by atoms with Crippen LogP contribution in [0.1, 0.15) is 29.0 Å². The summed E-state index contributed by atoms with van der Waals surface area (Å²) < 4.78 is 26.5. The van der Waals surface area contributed by atoms with Crippen LogP contribution in [0.15, 0.2) is 66.9 Å². The first-order valence-electron chi connectivity index (χ1n) is 8.07. The number of carbonyl (C=O) groups excluding carboxylic acids is 1. The van der Waals surface area contributed by atoms with E-state index in [4.69, 9.17) is 0 Å². The van der Waals surface area contributed by atoms with Crippen molar-refractivity contribution in [2.45, 2.75) is 13.0 Å². The molecule has 0 radical (unpaired) electrons. The predicted octanol–water partition coefficient (Wildman–Crippen LogP) is 4.79. The van der Waals surface area contributed by atoms with Crippen LogP contribution in [0.5, 0.6) is 0 Å². The fraction of sp³-hybridized carbons (Fsp3) is 0.100. The van der Waals surface area contributed by atoms with E-state index in [0.717, 1.165) is 17.3 Å². The highest BCUT2D eigenvalue weighted by molar-refractivity contribution is 6.03. The monoisotopic (exact) mass is 353 g/mol. The Morgan fingerprint density at radius 1 is 1.04 bits per heavy atom. The summed E-state index contributed by atoms with van der Waals surface area (Å²) in [5.41, 5.74) is 1.91. The highest BCUT2D eigenvalue weighted by Crippen LogP contribution is 2.19. The molecule has 0 aliphatic rings. The first kappa shape index (κ1) is 17.5. The standard InChI is InChI=1S/C20H17F2N3O/c1-13(14-5-3-2-4-6-14)24-16-8-10-19(23-12-16)20(26)25-18-9-7-15(21)11-17(18)22/h2-13,24H,1H3,(H,25,26). The van der Waals surface area contributed by atoms with E-state index in [9.17, 15) is 13.6 Å². The zero-order chi connectivity index (χ0) is 18.5. The molecule has 2 aromatic carbocycles. The van der Waals surface area contributed by atoms with Gasteiger partial charge in [-0.05, 0) is 36.8 Å². The second-order valence-electron chi connectivity index (χ2n) is 5.79. The van der Waals surface area contributed by atoms with Crippen LogP contribution in [-0.2, 0) is 0 Å². The van der Waals surface area contributed by atoms with Crippen molar-refractivity contribution in [2.24, 2.45) is 0 Å². The Balaban J connectivity index is 1.66. The van der Waals surface area contributed by atoms with Crippen molar-refractivity contribution >= 4 is 17.3 Å². The molecule has 1 unspecified atom stereocenters. The van der Waals surface area contributed by atoms with Crippen LogP contribution in [0, 0.1) is 11.6 Å². The van der Waals surface area contributed by atoms with Gasteiger partial charge in [0, 0.05) is 12.1 Å². The molecular weight excluding hydrogens is 336 g/mol. The first-order valence-corrected chi connectivity index (χ1v) is 8.07. The Bertz CT molecular complexity index is 899. The number of amides is 1. The second kappa shape index (κ2) is 7.74. The van der Waals surface area contributed by atoms with Gasteiger partial charge in [-0.1, -0.05) is 30.3 Å². The van der Waals surface area contributed by atoms with E-state index in [0.29, 0.717) is 6.07 Å². The van der Waals surface area contributed by atoms with Crippen LogP contribution in [0.4, 0.5) is 20.2 Å². The number of aromatic nitrogens is 1. The molecule has 26 heavy (non-hydrogen) atoms. The van der Waals surface area contributed by atoms with Gasteiger partial charge in [-0.15, -0.1) is 0 Å². The number of carbonyl (C=O) groups is 1. The summed E-state index contributed by atoms with van der Waals surface area (Å²) in [6.45, 7) is 2.02. The van der Waals surface area contributed by atoms with E-state index >= 15 is 0 Å². The van der Waals surface area contributed by atoms with Crippen LogP contribution in [-0.4, -0.2) is 10.9 Å². The van der Waals surface area contributed by atoms with Crippen molar-refractivity contribution in [3.63, 3.8) is 0 Å². The average molecular weight is 353 g/mol. The lowest BCUT2D eigenvalue weighted by Gasteiger charge is -2.15. The summed E-state index contributed by atoms with van der Waals surface area (Å²) in [5.74, 6) is -2.12. The third kappa shape index (κ3) is 4.22. The van der Waals surface area contributed by atoms with E-state index in [1.807, 2.05) is 37.3 Å². The van der Waals surface area contributed by atoms with E-state index in [2.05, 4.69) is 15.6 Å². The lowest BCUT2D eigenvalue weighted by atomic mass is 10.1. The molecule has 0 bridgehead atoms. The molecule has 0 aliphatic heterocycles. The SMILES string of the molecule is CC(Nc1ccc(C(=O)Nc2ccc(F)cc2F)nc1)c1ccccc1. The number of anilines is 2. The summed E-state index contributed by atoms with van der Waals surface area (Å²) in [7, 11) is 0. The molecule has 3 aromatic rings. The van der Waals surface area contributed by atoms with E-state index in [-0.39, 0.29) is 17.4 Å². The summed E-state index contributed by atoms with van der Waals surface area (Å²) in [4.78, 5) is 16.2. The number of rotatable bonds is 5. The molecule has 0 aliphatic carbocycles. The average Bonchev–Trinajstić information content (AvgIpc) is 2.65. The number of pyridine rings is 1. The quantitative estimate of drug-likeness (QED) is 0.694. The maximum absolute atomic E-state index is 13.6. The molecule has 0 saturated heterocycles. The van der Waals surface area contributed by atoms with Crippen LogP contribution in [0.3, 0.4) is 0 Å². The largest absolute Gasteiger partial charge is 0.377 e. The third-order valence-corrected chi connectivity index (χ3v) is 3.86. The Morgan fingerprint density at radius 2 is 1.81 bits per heavy atom. The molecule has 1 aromatic heterocycles. The Morgan fingerprint density at radius 3 is 2.46 bits per heavy atom. The lowest BCUT2D eigenvalue weighted by molar-refractivity contribution is 0.102. The molecule has 0 saturated carbocycles. The highest BCUT2D eigenvalue weighted by atomic mass is 19.1. The van der Waals surface area contributed by atoms with Gasteiger partial charge in [0.1, 0.15) is 17.3 Å². The summed E-state index contributed by atoms with van der Waals surface area (Å²) in [6, 6.07) is 16.2. The Labute approximate surface area is 149 Å². The zero-order valence-corrected chi connectivity index (χ0v) is 14.0. The molecule has 1 heterocycles. The van der Waals surface area contributed by atoms with Crippen LogP contribution in [0.2, 0.25) is 0 Å². The zero-order valence-electron chi connectivity index (χ0n) is 14.0. The number of benzene rings is 2. The topological polar surface area (TPSA) is 54.0 Å². The molecule has 0 fully saturated rings. The number of hydrogen-bond donors (Lipinski definition) is 2. The van der Waals surface area contributed by atoms with Gasteiger partial charge in [-0.3, -0.25) is 4.79 Å². The van der Waals surface area contributed by atoms with Gasteiger partial charge >= 0.3 is 0 Å². The predicted molar refractivity (Wildman–Crippen MR) is 97.0 cm³/mol. The summed E-state index contributed by atoms with van der Waals surface area (Å²) in [6.07, 6.45) is 1.54. The molecule has 1 amide bonds. The van der Waals surface area contributed by atoms with E-state index < -0.39 is 17.5 Å².